The van der Waals surface area contributed by atoms with Gasteiger partial charge in [-0.25, -0.2) is 4.98 Å². The lowest BCUT2D eigenvalue weighted by Crippen LogP contribution is -2.36. The van der Waals surface area contributed by atoms with Crippen LogP contribution < -0.4 is 10.6 Å². The molecule has 0 aliphatic rings. The van der Waals surface area contributed by atoms with Crippen molar-refractivity contribution >= 4 is 23.2 Å². The van der Waals surface area contributed by atoms with Crippen molar-refractivity contribution in [2.75, 3.05) is 6.54 Å². The number of aryl methyl sites for hydroxylation is 2. The van der Waals surface area contributed by atoms with E-state index < -0.39 is 0 Å². The Bertz CT molecular complexity index is 640. The highest BCUT2D eigenvalue weighted by Gasteiger charge is 2.09. The third-order valence-electron chi connectivity index (χ3n) is 2.95. The number of pyridine rings is 1. The fraction of sp³-hybridized carbons (Fsp3) is 0.286. The fourth-order valence-electron chi connectivity index (χ4n) is 1.61. The molecule has 0 atom stereocenters. The summed E-state index contributed by atoms with van der Waals surface area (Å²) in [6.45, 7) is 4.17. The zero-order chi connectivity index (χ0) is 15.2. The second-order valence-corrected chi connectivity index (χ2v) is 5.26. The molecular formula is C14H16N4O2S. The standard InChI is InChI=1S/C14H16N4O2S/c1-9-3-4-11(18-10(9)2)5-15-13(19)6-16-14(20)12-7-21-8-17-12/h3-4,7-8H,5-6H2,1-2H3,(H,15,19)(H,16,20). The summed E-state index contributed by atoms with van der Waals surface area (Å²) in [4.78, 5) is 31.5. The van der Waals surface area contributed by atoms with Crippen LogP contribution in [0.2, 0.25) is 0 Å². The van der Waals surface area contributed by atoms with E-state index in [1.165, 1.54) is 11.3 Å². The third kappa shape index (κ3) is 4.35. The highest BCUT2D eigenvalue weighted by atomic mass is 32.1. The van der Waals surface area contributed by atoms with Gasteiger partial charge in [-0.3, -0.25) is 14.6 Å². The third-order valence-corrected chi connectivity index (χ3v) is 3.54. The van der Waals surface area contributed by atoms with Gasteiger partial charge in [0, 0.05) is 11.1 Å². The van der Waals surface area contributed by atoms with Gasteiger partial charge in [-0.15, -0.1) is 11.3 Å². The van der Waals surface area contributed by atoms with E-state index in [1.54, 1.807) is 10.9 Å². The van der Waals surface area contributed by atoms with Gasteiger partial charge in [0.25, 0.3) is 5.91 Å². The molecule has 0 spiro atoms. The summed E-state index contributed by atoms with van der Waals surface area (Å²) < 4.78 is 0. The van der Waals surface area contributed by atoms with Crippen molar-refractivity contribution in [2.24, 2.45) is 0 Å². The van der Waals surface area contributed by atoms with Gasteiger partial charge in [0.1, 0.15) is 5.69 Å². The van der Waals surface area contributed by atoms with Crippen molar-refractivity contribution in [1.29, 1.82) is 0 Å². The van der Waals surface area contributed by atoms with Crippen LogP contribution in [-0.2, 0) is 11.3 Å². The maximum absolute atomic E-state index is 11.7. The number of thiazole rings is 1. The molecule has 21 heavy (non-hydrogen) atoms. The Balaban J connectivity index is 1.77. The molecular weight excluding hydrogens is 288 g/mol. The predicted octanol–water partition coefficient (Wildman–Crippen LogP) is 1.20. The molecule has 0 aliphatic heterocycles. The van der Waals surface area contributed by atoms with Gasteiger partial charge in [-0.05, 0) is 25.5 Å². The molecule has 2 rings (SSSR count). The summed E-state index contributed by atoms with van der Waals surface area (Å²) in [5, 5.41) is 6.86. The molecule has 2 amide bonds. The summed E-state index contributed by atoms with van der Waals surface area (Å²) in [6, 6.07) is 3.84. The Morgan fingerprint density at radius 2 is 2.05 bits per heavy atom. The first kappa shape index (κ1) is 15.1. The van der Waals surface area contributed by atoms with Gasteiger partial charge >= 0.3 is 0 Å². The lowest BCUT2D eigenvalue weighted by molar-refractivity contribution is -0.120. The zero-order valence-corrected chi connectivity index (χ0v) is 12.7. The number of carbonyl (C=O) groups is 2. The van der Waals surface area contributed by atoms with Crippen LogP contribution in [0.4, 0.5) is 0 Å². The Morgan fingerprint density at radius 3 is 2.71 bits per heavy atom. The Hall–Kier alpha value is -2.28. The van der Waals surface area contributed by atoms with Crippen LogP contribution >= 0.6 is 11.3 Å². The minimum absolute atomic E-state index is 0.0821. The van der Waals surface area contributed by atoms with Crippen LogP contribution in [0.25, 0.3) is 0 Å². The van der Waals surface area contributed by atoms with E-state index in [-0.39, 0.29) is 18.4 Å². The van der Waals surface area contributed by atoms with E-state index in [1.807, 2.05) is 26.0 Å². The van der Waals surface area contributed by atoms with Gasteiger partial charge in [0.05, 0.1) is 24.3 Å². The van der Waals surface area contributed by atoms with Crippen molar-refractivity contribution in [2.45, 2.75) is 20.4 Å². The molecule has 0 aliphatic carbocycles. The smallest absolute Gasteiger partial charge is 0.271 e. The molecule has 0 bridgehead atoms. The van der Waals surface area contributed by atoms with E-state index in [4.69, 9.17) is 0 Å². The number of hydrogen-bond acceptors (Lipinski definition) is 5. The number of carbonyl (C=O) groups excluding carboxylic acids is 2. The van der Waals surface area contributed by atoms with Gasteiger partial charge in [-0.1, -0.05) is 6.07 Å². The van der Waals surface area contributed by atoms with Crippen LogP contribution in [0, 0.1) is 13.8 Å². The van der Waals surface area contributed by atoms with Crippen molar-refractivity contribution in [3.05, 3.63) is 45.7 Å². The molecule has 0 radical (unpaired) electrons. The Kier molecular flexibility index (Phi) is 4.99. The number of rotatable bonds is 5. The second-order valence-electron chi connectivity index (χ2n) is 4.54. The lowest BCUT2D eigenvalue weighted by Gasteiger charge is -2.07. The summed E-state index contributed by atoms with van der Waals surface area (Å²) in [7, 11) is 0. The average Bonchev–Trinajstić information content (AvgIpc) is 3.00. The number of hydrogen-bond donors (Lipinski definition) is 2. The maximum Gasteiger partial charge on any atom is 0.271 e. The molecule has 2 aromatic rings. The molecule has 110 valence electrons. The van der Waals surface area contributed by atoms with E-state index in [0.717, 1.165) is 17.0 Å². The normalized spacial score (nSPS) is 10.2. The molecule has 0 saturated carbocycles. The predicted molar refractivity (Wildman–Crippen MR) is 80.0 cm³/mol. The van der Waals surface area contributed by atoms with Gasteiger partial charge < -0.3 is 10.6 Å². The largest absolute Gasteiger partial charge is 0.349 e. The quantitative estimate of drug-likeness (QED) is 0.869. The molecule has 0 fully saturated rings. The van der Waals surface area contributed by atoms with Crippen LogP contribution in [0.15, 0.2) is 23.0 Å². The van der Waals surface area contributed by atoms with Gasteiger partial charge in [0.2, 0.25) is 5.91 Å². The van der Waals surface area contributed by atoms with Crippen LogP contribution in [0.3, 0.4) is 0 Å². The lowest BCUT2D eigenvalue weighted by atomic mass is 10.2. The fourth-order valence-corrected chi connectivity index (χ4v) is 2.14. The van der Waals surface area contributed by atoms with Crippen LogP contribution in [0.1, 0.15) is 27.4 Å². The highest BCUT2D eigenvalue weighted by Crippen LogP contribution is 2.04. The topological polar surface area (TPSA) is 84.0 Å². The Morgan fingerprint density at radius 1 is 1.24 bits per heavy atom. The zero-order valence-electron chi connectivity index (χ0n) is 11.8. The summed E-state index contributed by atoms with van der Waals surface area (Å²) in [5.41, 5.74) is 4.74. The molecule has 2 heterocycles. The van der Waals surface area contributed by atoms with Gasteiger partial charge in [-0.2, -0.15) is 0 Å². The van der Waals surface area contributed by atoms with E-state index >= 15 is 0 Å². The monoisotopic (exact) mass is 304 g/mol. The number of nitrogens with one attached hydrogen (secondary N) is 2. The minimum Gasteiger partial charge on any atom is -0.349 e. The molecule has 6 nitrogen and oxygen atoms in total. The number of amides is 2. The minimum atomic E-state index is -0.351. The summed E-state index contributed by atoms with van der Waals surface area (Å²) in [5.74, 6) is -0.616. The first-order valence-corrected chi connectivity index (χ1v) is 7.37. The van der Waals surface area contributed by atoms with Gasteiger partial charge in [0.15, 0.2) is 0 Å². The SMILES string of the molecule is Cc1ccc(CNC(=O)CNC(=O)c2cscn2)nc1C. The molecule has 0 unspecified atom stereocenters. The van der Waals surface area contributed by atoms with Crippen LogP contribution in [-0.4, -0.2) is 28.3 Å². The van der Waals surface area contributed by atoms with E-state index in [2.05, 4.69) is 20.6 Å². The first-order chi connectivity index (χ1) is 10.1. The summed E-state index contributed by atoms with van der Waals surface area (Å²) >= 11 is 1.33. The van der Waals surface area contributed by atoms with Crippen LogP contribution in [0.5, 0.6) is 0 Å². The number of aromatic nitrogens is 2. The van der Waals surface area contributed by atoms with Crippen molar-refractivity contribution in [3.63, 3.8) is 0 Å². The first-order valence-electron chi connectivity index (χ1n) is 6.42. The van der Waals surface area contributed by atoms with Crippen molar-refractivity contribution in [1.82, 2.24) is 20.6 Å². The molecule has 0 aromatic carbocycles. The van der Waals surface area contributed by atoms with E-state index in [9.17, 15) is 9.59 Å². The average molecular weight is 304 g/mol. The maximum atomic E-state index is 11.7. The highest BCUT2D eigenvalue weighted by molar-refractivity contribution is 7.07. The van der Waals surface area contributed by atoms with Crippen molar-refractivity contribution in [3.8, 4) is 0 Å². The Labute approximate surface area is 126 Å². The van der Waals surface area contributed by atoms with Crippen molar-refractivity contribution < 1.29 is 9.59 Å². The number of nitrogens with zero attached hydrogens (tertiary/aromatic N) is 2. The second kappa shape index (κ2) is 6.94. The molecule has 2 aromatic heterocycles. The van der Waals surface area contributed by atoms with E-state index in [0.29, 0.717) is 12.2 Å². The summed E-state index contributed by atoms with van der Waals surface area (Å²) in [6.07, 6.45) is 0. The molecule has 7 heteroatoms. The molecule has 2 N–H and O–H groups in total. The molecule has 0 saturated heterocycles.